The molecule has 2 N–H and O–H groups in total. The van der Waals surface area contributed by atoms with Gasteiger partial charge in [-0.3, -0.25) is 9.97 Å². The molecule has 2 heterocycles. The summed E-state index contributed by atoms with van der Waals surface area (Å²) in [6, 6.07) is 15.9. The number of aryl methyl sites for hydroxylation is 1. The predicted molar refractivity (Wildman–Crippen MR) is 85.1 cm³/mol. The Balaban J connectivity index is 2.01. The van der Waals surface area contributed by atoms with Crippen molar-refractivity contribution in [2.24, 2.45) is 10.9 Å². The third kappa shape index (κ3) is 2.74. The van der Waals surface area contributed by atoms with E-state index < -0.39 is 0 Å². The van der Waals surface area contributed by atoms with Crippen LogP contribution in [0.5, 0.6) is 0 Å². The number of benzene rings is 1. The topological polar surface area (TPSA) is 64.2 Å². The number of hydrogen-bond donors (Lipinski definition) is 1. The Labute approximate surface area is 123 Å². The van der Waals surface area contributed by atoms with Gasteiger partial charge in [0.15, 0.2) is 0 Å². The second-order valence-electron chi connectivity index (χ2n) is 4.90. The van der Waals surface area contributed by atoms with Crippen LogP contribution in [-0.4, -0.2) is 15.7 Å². The van der Waals surface area contributed by atoms with Crippen molar-refractivity contribution in [1.29, 1.82) is 0 Å². The zero-order chi connectivity index (χ0) is 14.7. The third-order valence-corrected chi connectivity index (χ3v) is 3.44. The van der Waals surface area contributed by atoms with Crippen LogP contribution in [0.3, 0.4) is 0 Å². The number of rotatable bonds is 3. The molecule has 0 aliphatic carbocycles. The van der Waals surface area contributed by atoms with Crippen molar-refractivity contribution in [2.45, 2.75) is 13.3 Å². The fourth-order valence-corrected chi connectivity index (χ4v) is 2.40. The van der Waals surface area contributed by atoms with Gasteiger partial charge in [-0.05, 0) is 36.8 Å². The standard InChI is InChI=1S/C17H16N4/c1-12-5-4-8-16(20-12)17(21-18)11-13-9-10-19-15-7-3-2-6-14(13)15/h2-10H,11,18H2,1H3. The maximum absolute atomic E-state index is 5.58. The highest BCUT2D eigenvalue weighted by molar-refractivity contribution is 6.02. The van der Waals surface area contributed by atoms with Crippen LogP contribution in [0.2, 0.25) is 0 Å². The van der Waals surface area contributed by atoms with Crippen molar-refractivity contribution in [2.75, 3.05) is 0 Å². The summed E-state index contributed by atoms with van der Waals surface area (Å²) in [4.78, 5) is 8.87. The molecule has 3 aromatic rings. The molecule has 2 aromatic heterocycles. The molecular formula is C17H16N4. The molecule has 104 valence electrons. The van der Waals surface area contributed by atoms with Crippen molar-refractivity contribution in [3.63, 3.8) is 0 Å². The van der Waals surface area contributed by atoms with Crippen LogP contribution in [-0.2, 0) is 6.42 Å². The number of fused-ring (bicyclic) bond motifs is 1. The lowest BCUT2D eigenvalue weighted by Crippen LogP contribution is -2.11. The van der Waals surface area contributed by atoms with E-state index in [0.29, 0.717) is 6.42 Å². The fourth-order valence-electron chi connectivity index (χ4n) is 2.40. The van der Waals surface area contributed by atoms with Crippen LogP contribution in [0.4, 0.5) is 0 Å². The molecule has 0 unspecified atom stereocenters. The van der Waals surface area contributed by atoms with E-state index in [2.05, 4.69) is 21.1 Å². The number of para-hydroxylation sites is 1. The van der Waals surface area contributed by atoms with Gasteiger partial charge in [-0.25, -0.2) is 0 Å². The van der Waals surface area contributed by atoms with Crippen LogP contribution < -0.4 is 5.84 Å². The average Bonchev–Trinajstić information content (AvgIpc) is 2.52. The SMILES string of the molecule is Cc1cccc(C(Cc2ccnc3ccccc23)=NN)n1. The lowest BCUT2D eigenvalue weighted by molar-refractivity contribution is 1.13. The summed E-state index contributed by atoms with van der Waals surface area (Å²) in [5, 5.41) is 5.05. The Kier molecular flexibility index (Phi) is 3.60. The number of aromatic nitrogens is 2. The Morgan fingerprint density at radius 2 is 1.95 bits per heavy atom. The Morgan fingerprint density at radius 3 is 2.76 bits per heavy atom. The normalized spacial score (nSPS) is 11.8. The van der Waals surface area contributed by atoms with E-state index in [0.717, 1.165) is 33.6 Å². The largest absolute Gasteiger partial charge is 0.323 e. The van der Waals surface area contributed by atoms with Crippen LogP contribution >= 0.6 is 0 Å². The van der Waals surface area contributed by atoms with Gasteiger partial charge in [-0.2, -0.15) is 5.10 Å². The van der Waals surface area contributed by atoms with E-state index in [1.165, 1.54) is 0 Å². The number of hydrazone groups is 1. The molecule has 0 radical (unpaired) electrons. The van der Waals surface area contributed by atoms with E-state index in [9.17, 15) is 0 Å². The van der Waals surface area contributed by atoms with Gasteiger partial charge in [0.05, 0.1) is 16.9 Å². The molecule has 0 amide bonds. The molecule has 0 saturated heterocycles. The molecule has 0 atom stereocenters. The van der Waals surface area contributed by atoms with Crippen LogP contribution in [0.15, 0.2) is 59.8 Å². The number of hydrogen-bond acceptors (Lipinski definition) is 4. The zero-order valence-electron chi connectivity index (χ0n) is 11.8. The summed E-state index contributed by atoms with van der Waals surface area (Å²) in [7, 11) is 0. The molecule has 1 aromatic carbocycles. The van der Waals surface area contributed by atoms with Gasteiger partial charge >= 0.3 is 0 Å². The summed E-state index contributed by atoms with van der Waals surface area (Å²) in [5.74, 6) is 5.58. The molecule has 4 nitrogen and oxygen atoms in total. The minimum atomic E-state index is 0.635. The maximum atomic E-state index is 5.58. The highest BCUT2D eigenvalue weighted by atomic mass is 15.1. The van der Waals surface area contributed by atoms with E-state index in [-0.39, 0.29) is 0 Å². The number of pyridine rings is 2. The molecule has 0 aliphatic heterocycles. The lowest BCUT2D eigenvalue weighted by atomic mass is 10.0. The first-order chi connectivity index (χ1) is 10.3. The Morgan fingerprint density at radius 1 is 1.10 bits per heavy atom. The molecule has 0 bridgehead atoms. The van der Waals surface area contributed by atoms with Gasteiger partial charge in [-0.15, -0.1) is 0 Å². The van der Waals surface area contributed by atoms with Crippen molar-refractivity contribution in [3.05, 3.63) is 71.7 Å². The first-order valence-electron chi connectivity index (χ1n) is 6.81. The van der Waals surface area contributed by atoms with Gasteiger partial charge in [0, 0.05) is 23.7 Å². The van der Waals surface area contributed by atoms with Gasteiger partial charge in [0.1, 0.15) is 0 Å². The molecular weight excluding hydrogens is 260 g/mol. The number of nitrogens with two attached hydrogens (primary N) is 1. The summed E-state index contributed by atoms with van der Waals surface area (Å²) in [6.45, 7) is 1.96. The van der Waals surface area contributed by atoms with Crippen molar-refractivity contribution in [3.8, 4) is 0 Å². The van der Waals surface area contributed by atoms with Gasteiger partial charge in [0.25, 0.3) is 0 Å². The summed E-state index contributed by atoms with van der Waals surface area (Å²) in [6.07, 6.45) is 2.45. The van der Waals surface area contributed by atoms with Crippen LogP contribution in [0.25, 0.3) is 10.9 Å². The first-order valence-corrected chi connectivity index (χ1v) is 6.81. The molecule has 0 fully saturated rings. The zero-order valence-corrected chi connectivity index (χ0v) is 11.8. The van der Waals surface area contributed by atoms with E-state index in [4.69, 9.17) is 5.84 Å². The van der Waals surface area contributed by atoms with Crippen LogP contribution in [0.1, 0.15) is 17.0 Å². The molecule has 0 spiro atoms. The number of nitrogens with zero attached hydrogens (tertiary/aromatic N) is 3. The molecule has 0 saturated carbocycles. The highest BCUT2D eigenvalue weighted by Gasteiger charge is 2.09. The quantitative estimate of drug-likeness (QED) is 0.454. The van der Waals surface area contributed by atoms with E-state index in [1.54, 1.807) is 0 Å². The van der Waals surface area contributed by atoms with Crippen molar-refractivity contribution >= 4 is 16.6 Å². The van der Waals surface area contributed by atoms with E-state index in [1.807, 2.05) is 55.6 Å². The minimum absolute atomic E-state index is 0.635. The maximum Gasteiger partial charge on any atom is 0.0900 e. The highest BCUT2D eigenvalue weighted by Crippen LogP contribution is 2.18. The van der Waals surface area contributed by atoms with Crippen LogP contribution in [0, 0.1) is 6.92 Å². The van der Waals surface area contributed by atoms with Gasteiger partial charge < -0.3 is 5.84 Å². The smallest absolute Gasteiger partial charge is 0.0900 e. The average molecular weight is 276 g/mol. The van der Waals surface area contributed by atoms with Crippen molar-refractivity contribution in [1.82, 2.24) is 9.97 Å². The minimum Gasteiger partial charge on any atom is -0.323 e. The lowest BCUT2D eigenvalue weighted by Gasteiger charge is -2.08. The van der Waals surface area contributed by atoms with Crippen molar-refractivity contribution < 1.29 is 0 Å². The Bertz CT molecular complexity index is 803. The monoisotopic (exact) mass is 276 g/mol. The first kappa shape index (κ1) is 13.2. The summed E-state index contributed by atoms with van der Waals surface area (Å²) >= 11 is 0. The summed E-state index contributed by atoms with van der Waals surface area (Å²) in [5.41, 5.74) is 4.67. The fraction of sp³-hybridized carbons (Fsp3) is 0.118. The Hall–Kier alpha value is -2.75. The summed E-state index contributed by atoms with van der Waals surface area (Å²) < 4.78 is 0. The molecule has 3 rings (SSSR count). The molecule has 4 heteroatoms. The second kappa shape index (κ2) is 5.71. The predicted octanol–water partition coefficient (Wildman–Crippen LogP) is 2.84. The third-order valence-electron chi connectivity index (χ3n) is 3.44. The second-order valence-corrected chi connectivity index (χ2v) is 4.90. The molecule has 21 heavy (non-hydrogen) atoms. The van der Waals surface area contributed by atoms with Gasteiger partial charge in [-0.1, -0.05) is 24.3 Å². The van der Waals surface area contributed by atoms with Gasteiger partial charge in [0.2, 0.25) is 0 Å². The molecule has 0 aliphatic rings. The van der Waals surface area contributed by atoms with E-state index >= 15 is 0 Å².